The van der Waals surface area contributed by atoms with Crippen LogP contribution < -0.4 is 4.74 Å². The van der Waals surface area contributed by atoms with Crippen molar-refractivity contribution in [2.24, 2.45) is 0 Å². The van der Waals surface area contributed by atoms with Crippen LogP contribution in [0.1, 0.15) is 35.7 Å². The third-order valence-corrected chi connectivity index (χ3v) is 6.85. The Hall–Kier alpha value is -3.49. The van der Waals surface area contributed by atoms with Crippen LogP contribution in [0.3, 0.4) is 0 Å². The zero-order valence-corrected chi connectivity index (χ0v) is 21.8. The fourth-order valence-corrected chi connectivity index (χ4v) is 4.82. The van der Waals surface area contributed by atoms with Crippen LogP contribution in [0.2, 0.25) is 0 Å². The van der Waals surface area contributed by atoms with Crippen molar-refractivity contribution >= 4 is 17.3 Å². The SMILES string of the molecule is CCOC(=O)C(Cc1ccc(OCc2sc(-c3ccc(-c4nnc(C)o4)cc3)cc2C)cc1)OCC. The molecule has 4 rings (SSSR count). The zero-order valence-electron chi connectivity index (χ0n) is 20.9. The summed E-state index contributed by atoms with van der Waals surface area (Å²) in [7, 11) is 0. The number of aryl methyl sites for hydroxylation is 2. The van der Waals surface area contributed by atoms with E-state index in [1.54, 1.807) is 25.2 Å². The van der Waals surface area contributed by atoms with Gasteiger partial charge >= 0.3 is 5.97 Å². The molecular weight excluding hydrogens is 476 g/mol. The Bertz CT molecular complexity index is 1280. The predicted molar refractivity (Wildman–Crippen MR) is 139 cm³/mol. The van der Waals surface area contributed by atoms with Gasteiger partial charge in [0.15, 0.2) is 6.10 Å². The normalized spacial score (nSPS) is 11.9. The van der Waals surface area contributed by atoms with Gasteiger partial charge in [0.05, 0.1) is 6.61 Å². The van der Waals surface area contributed by atoms with Gasteiger partial charge in [-0.2, -0.15) is 0 Å². The lowest BCUT2D eigenvalue weighted by Crippen LogP contribution is -2.28. The van der Waals surface area contributed by atoms with Gasteiger partial charge in [0, 0.05) is 35.3 Å². The van der Waals surface area contributed by atoms with Crippen molar-refractivity contribution in [2.75, 3.05) is 13.2 Å². The maximum Gasteiger partial charge on any atom is 0.335 e. The average molecular weight is 507 g/mol. The third-order valence-electron chi connectivity index (χ3n) is 5.59. The largest absolute Gasteiger partial charge is 0.488 e. The average Bonchev–Trinajstić information content (AvgIpc) is 3.49. The number of esters is 1. The van der Waals surface area contributed by atoms with E-state index in [0.717, 1.165) is 22.4 Å². The van der Waals surface area contributed by atoms with Crippen molar-refractivity contribution in [3.05, 3.63) is 76.5 Å². The van der Waals surface area contributed by atoms with E-state index in [2.05, 4.69) is 35.3 Å². The molecule has 0 aliphatic heterocycles. The minimum Gasteiger partial charge on any atom is -0.488 e. The number of carbonyl (C=O) groups is 1. The number of ether oxygens (including phenoxy) is 3. The van der Waals surface area contributed by atoms with Gasteiger partial charge in [-0.25, -0.2) is 4.79 Å². The van der Waals surface area contributed by atoms with Gasteiger partial charge in [-0.15, -0.1) is 21.5 Å². The molecule has 2 heterocycles. The summed E-state index contributed by atoms with van der Waals surface area (Å²) in [6.07, 6.45) is -0.135. The summed E-state index contributed by atoms with van der Waals surface area (Å²) >= 11 is 1.72. The van der Waals surface area contributed by atoms with Gasteiger partial charge < -0.3 is 18.6 Å². The molecule has 1 unspecified atom stereocenters. The molecule has 0 amide bonds. The van der Waals surface area contributed by atoms with Gasteiger partial charge in [-0.05, 0) is 67.8 Å². The third kappa shape index (κ3) is 6.38. The van der Waals surface area contributed by atoms with E-state index >= 15 is 0 Å². The summed E-state index contributed by atoms with van der Waals surface area (Å²) in [5.74, 6) is 1.52. The fraction of sp³-hybridized carbons (Fsp3) is 0.321. The van der Waals surface area contributed by atoms with Crippen LogP contribution in [0.15, 0.2) is 59.0 Å². The Kier molecular flexibility index (Phi) is 8.51. The Morgan fingerprint density at radius 1 is 0.972 bits per heavy atom. The molecular formula is C28H30N2O5S. The number of hydrogen-bond acceptors (Lipinski definition) is 8. The predicted octanol–water partition coefficient (Wildman–Crippen LogP) is 6.17. The molecule has 0 spiro atoms. The number of benzene rings is 2. The second-order valence-corrected chi connectivity index (χ2v) is 9.39. The van der Waals surface area contributed by atoms with Crippen molar-refractivity contribution < 1.29 is 23.4 Å². The molecule has 0 N–H and O–H groups in total. The van der Waals surface area contributed by atoms with E-state index in [0.29, 0.717) is 38.0 Å². The van der Waals surface area contributed by atoms with Crippen molar-refractivity contribution in [1.82, 2.24) is 10.2 Å². The van der Waals surface area contributed by atoms with E-state index in [4.69, 9.17) is 18.6 Å². The number of nitrogens with zero attached hydrogens (tertiary/aromatic N) is 2. The first-order valence-corrected chi connectivity index (χ1v) is 12.8. The number of aromatic nitrogens is 2. The minimum absolute atomic E-state index is 0.331. The maximum atomic E-state index is 12.1. The molecule has 2 aromatic carbocycles. The molecule has 0 saturated heterocycles. The molecule has 7 nitrogen and oxygen atoms in total. The summed E-state index contributed by atoms with van der Waals surface area (Å²) < 4.78 is 22.2. The van der Waals surface area contributed by atoms with Gasteiger partial charge in [0.2, 0.25) is 11.8 Å². The van der Waals surface area contributed by atoms with Gasteiger partial charge in [0.1, 0.15) is 12.4 Å². The molecule has 2 aromatic heterocycles. The number of carbonyl (C=O) groups excluding carboxylic acids is 1. The summed E-state index contributed by atoms with van der Waals surface area (Å²) in [6, 6.07) is 18.1. The van der Waals surface area contributed by atoms with Gasteiger partial charge in [-0.3, -0.25) is 0 Å². The van der Waals surface area contributed by atoms with E-state index in [-0.39, 0.29) is 5.97 Å². The topological polar surface area (TPSA) is 83.7 Å². The highest BCUT2D eigenvalue weighted by atomic mass is 32.1. The monoisotopic (exact) mass is 506 g/mol. The Morgan fingerprint density at radius 2 is 1.69 bits per heavy atom. The van der Waals surface area contributed by atoms with Crippen LogP contribution in [-0.4, -0.2) is 35.5 Å². The molecule has 0 radical (unpaired) electrons. The van der Waals surface area contributed by atoms with Crippen molar-refractivity contribution in [2.45, 2.75) is 46.8 Å². The molecule has 0 saturated carbocycles. The smallest absolute Gasteiger partial charge is 0.335 e. The van der Waals surface area contributed by atoms with Crippen molar-refractivity contribution in [3.8, 4) is 27.6 Å². The highest BCUT2D eigenvalue weighted by Crippen LogP contribution is 2.33. The second kappa shape index (κ2) is 12.0. The molecule has 188 valence electrons. The minimum atomic E-state index is -0.598. The Labute approximate surface area is 215 Å². The molecule has 0 aliphatic rings. The summed E-state index contributed by atoms with van der Waals surface area (Å²) in [4.78, 5) is 14.4. The highest BCUT2D eigenvalue weighted by Gasteiger charge is 2.20. The molecule has 0 aliphatic carbocycles. The lowest BCUT2D eigenvalue weighted by molar-refractivity contribution is -0.156. The van der Waals surface area contributed by atoms with Crippen LogP contribution in [0.5, 0.6) is 5.75 Å². The molecule has 4 aromatic rings. The summed E-state index contributed by atoms with van der Waals surface area (Å²) in [5.41, 5.74) is 4.21. The number of thiophene rings is 1. The van der Waals surface area contributed by atoms with Crippen molar-refractivity contribution in [1.29, 1.82) is 0 Å². The van der Waals surface area contributed by atoms with E-state index in [9.17, 15) is 4.79 Å². The first-order valence-electron chi connectivity index (χ1n) is 12.0. The summed E-state index contributed by atoms with van der Waals surface area (Å²) in [5, 5.41) is 7.96. The van der Waals surface area contributed by atoms with Gasteiger partial charge in [0.25, 0.3) is 0 Å². The number of rotatable bonds is 11. The van der Waals surface area contributed by atoms with Crippen LogP contribution in [0.4, 0.5) is 0 Å². The fourth-order valence-electron chi connectivity index (χ4n) is 3.73. The molecule has 8 heteroatoms. The van der Waals surface area contributed by atoms with Crippen molar-refractivity contribution in [3.63, 3.8) is 0 Å². The second-order valence-electron chi connectivity index (χ2n) is 8.25. The molecule has 1 atom stereocenters. The van der Waals surface area contributed by atoms with Gasteiger partial charge in [-0.1, -0.05) is 24.3 Å². The molecule has 0 fully saturated rings. The lowest BCUT2D eigenvalue weighted by Gasteiger charge is -2.15. The lowest BCUT2D eigenvalue weighted by atomic mass is 10.1. The maximum absolute atomic E-state index is 12.1. The first kappa shape index (κ1) is 25.6. The van der Waals surface area contributed by atoms with E-state index < -0.39 is 6.10 Å². The standard InChI is InChI=1S/C28H30N2O5S/c1-5-32-24(28(31)33-6-2)16-20-7-13-23(14-8-20)34-17-26-18(3)15-25(36-26)21-9-11-22(12-10-21)27-30-29-19(4)35-27/h7-15,24H,5-6,16-17H2,1-4H3. The first-order chi connectivity index (χ1) is 17.5. The van der Waals surface area contributed by atoms with Crippen LogP contribution in [0.25, 0.3) is 21.9 Å². The summed E-state index contributed by atoms with van der Waals surface area (Å²) in [6.45, 7) is 8.81. The highest BCUT2D eigenvalue weighted by molar-refractivity contribution is 7.15. The van der Waals surface area contributed by atoms with E-state index in [1.165, 1.54) is 15.3 Å². The Balaban J connectivity index is 1.36. The van der Waals surface area contributed by atoms with Crippen LogP contribution in [-0.2, 0) is 27.3 Å². The molecule has 36 heavy (non-hydrogen) atoms. The van der Waals surface area contributed by atoms with Crippen LogP contribution >= 0.6 is 11.3 Å². The van der Waals surface area contributed by atoms with E-state index in [1.807, 2.05) is 43.3 Å². The zero-order chi connectivity index (χ0) is 25.5. The molecule has 0 bridgehead atoms. The number of hydrogen-bond donors (Lipinski definition) is 0. The Morgan fingerprint density at radius 3 is 2.33 bits per heavy atom. The quantitative estimate of drug-likeness (QED) is 0.225. The van der Waals surface area contributed by atoms with Crippen LogP contribution in [0, 0.1) is 13.8 Å².